The van der Waals surface area contributed by atoms with Crippen LogP contribution in [-0.2, 0) is 23.9 Å². The third kappa shape index (κ3) is 3.43. The van der Waals surface area contributed by atoms with Gasteiger partial charge in [-0.15, -0.1) is 0 Å². The first-order chi connectivity index (χ1) is 13.9. The van der Waals surface area contributed by atoms with E-state index in [1.807, 2.05) is 0 Å². The van der Waals surface area contributed by atoms with Crippen LogP contribution in [0.1, 0.15) is 54.4 Å². The molecule has 2 fully saturated rings. The van der Waals surface area contributed by atoms with Gasteiger partial charge in [-0.25, -0.2) is 0 Å². The van der Waals surface area contributed by atoms with Gasteiger partial charge in [-0.1, -0.05) is 12.8 Å². The minimum Gasteiger partial charge on any atom is -0.456 e. The maximum atomic E-state index is 12.4. The number of ether oxygens (including phenoxy) is 1. The maximum Gasteiger partial charge on any atom is 0.326 e. The van der Waals surface area contributed by atoms with Crippen LogP contribution in [0.15, 0.2) is 18.2 Å². The number of anilines is 1. The molecule has 1 aromatic carbocycles. The van der Waals surface area contributed by atoms with Gasteiger partial charge in [0.15, 0.2) is 12.4 Å². The Labute approximate surface area is 167 Å². The predicted molar refractivity (Wildman–Crippen MR) is 101 cm³/mol. The zero-order chi connectivity index (χ0) is 20.7. The van der Waals surface area contributed by atoms with Crippen molar-refractivity contribution in [3.05, 3.63) is 29.3 Å². The molecule has 2 aliphatic heterocycles. The minimum absolute atomic E-state index is 0.128. The van der Waals surface area contributed by atoms with E-state index in [2.05, 4.69) is 5.32 Å². The SMILES string of the molecule is C[C@H]1C(=O)Nc2ccc(C(=O)COC(=O)CN3C(=O)[C@H]4CCCC[C@@H]4C3=O)cc21. The third-order valence-electron chi connectivity index (χ3n) is 6.08. The van der Waals surface area contributed by atoms with Crippen molar-refractivity contribution < 1.29 is 28.7 Å². The van der Waals surface area contributed by atoms with Gasteiger partial charge in [-0.3, -0.25) is 28.9 Å². The highest BCUT2D eigenvalue weighted by Crippen LogP contribution is 2.38. The number of hydrogen-bond donors (Lipinski definition) is 1. The van der Waals surface area contributed by atoms with Gasteiger partial charge in [0.2, 0.25) is 17.7 Å². The number of benzene rings is 1. The van der Waals surface area contributed by atoms with E-state index in [1.54, 1.807) is 25.1 Å². The smallest absolute Gasteiger partial charge is 0.326 e. The molecular weight excluding hydrogens is 376 g/mol. The van der Waals surface area contributed by atoms with Gasteiger partial charge >= 0.3 is 5.97 Å². The Morgan fingerprint density at radius 3 is 2.41 bits per heavy atom. The average Bonchev–Trinajstić information content (AvgIpc) is 3.14. The Morgan fingerprint density at radius 1 is 1.10 bits per heavy atom. The molecule has 2 heterocycles. The fourth-order valence-electron chi connectivity index (χ4n) is 4.38. The van der Waals surface area contributed by atoms with Crippen LogP contribution in [0.4, 0.5) is 5.69 Å². The van der Waals surface area contributed by atoms with Crippen LogP contribution < -0.4 is 5.32 Å². The molecule has 0 bridgehead atoms. The summed E-state index contributed by atoms with van der Waals surface area (Å²) >= 11 is 0. The number of Topliss-reactive ketones (excluding diaryl/α,β-unsaturated/α-hetero) is 1. The number of carbonyl (C=O) groups excluding carboxylic acids is 5. The monoisotopic (exact) mass is 398 g/mol. The number of nitrogens with one attached hydrogen (secondary N) is 1. The van der Waals surface area contributed by atoms with Crippen molar-refractivity contribution in [3.63, 3.8) is 0 Å². The van der Waals surface area contributed by atoms with E-state index in [0.29, 0.717) is 24.1 Å². The summed E-state index contributed by atoms with van der Waals surface area (Å²) in [6, 6.07) is 4.83. The van der Waals surface area contributed by atoms with Gasteiger partial charge in [-0.05, 0) is 43.5 Å². The molecule has 1 N–H and O–H groups in total. The summed E-state index contributed by atoms with van der Waals surface area (Å²) in [5.74, 6) is -2.95. The summed E-state index contributed by atoms with van der Waals surface area (Å²) in [4.78, 5) is 62.0. The molecule has 0 spiro atoms. The van der Waals surface area contributed by atoms with Crippen molar-refractivity contribution in [2.24, 2.45) is 11.8 Å². The molecule has 1 aliphatic carbocycles. The van der Waals surface area contributed by atoms with Crippen molar-refractivity contribution in [2.75, 3.05) is 18.5 Å². The maximum absolute atomic E-state index is 12.4. The van der Waals surface area contributed by atoms with Crippen molar-refractivity contribution in [1.82, 2.24) is 4.90 Å². The van der Waals surface area contributed by atoms with Gasteiger partial charge in [0, 0.05) is 11.3 Å². The second-order valence-corrected chi connectivity index (χ2v) is 7.86. The van der Waals surface area contributed by atoms with E-state index in [-0.39, 0.29) is 35.5 Å². The summed E-state index contributed by atoms with van der Waals surface area (Å²) < 4.78 is 5.02. The second-order valence-electron chi connectivity index (χ2n) is 7.86. The van der Waals surface area contributed by atoms with Gasteiger partial charge in [0.25, 0.3) is 0 Å². The molecule has 0 unspecified atom stereocenters. The first kappa shape index (κ1) is 19.3. The van der Waals surface area contributed by atoms with Crippen LogP contribution in [0.3, 0.4) is 0 Å². The van der Waals surface area contributed by atoms with E-state index in [1.165, 1.54) is 0 Å². The standard InChI is InChI=1S/C21H22N2O6/c1-11-15-8-12(6-7-16(15)22-19(11)26)17(24)10-29-18(25)9-23-20(27)13-4-2-3-5-14(13)21(23)28/h6-8,11,13-14H,2-5,9-10H2,1H3,(H,22,26)/t11-,13+,14+/m1/s1. The Bertz CT molecular complexity index is 900. The lowest BCUT2D eigenvalue weighted by Gasteiger charge is -2.19. The highest BCUT2D eigenvalue weighted by molar-refractivity contribution is 6.07. The molecule has 29 heavy (non-hydrogen) atoms. The zero-order valence-electron chi connectivity index (χ0n) is 16.1. The molecule has 8 heteroatoms. The normalized spacial score (nSPS) is 25.5. The van der Waals surface area contributed by atoms with Crippen LogP contribution in [0, 0.1) is 11.8 Å². The number of likely N-dealkylation sites (tertiary alicyclic amines) is 1. The molecule has 1 saturated heterocycles. The first-order valence-corrected chi connectivity index (χ1v) is 9.85. The summed E-state index contributed by atoms with van der Waals surface area (Å²) in [6.07, 6.45) is 3.17. The van der Waals surface area contributed by atoms with Crippen LogP contribution in [0.5, 0.6) is 0 Å². The second kappa shape index (κ2) is 7.42. The Morgan fingerprint density at radius 2 is 1.76 bits per heavy atom. The van der Waals surface area contributed by atoms with Gasteiger partial charge in [0.1, 0.15) is 6.54 Å². The number of nitrogens with zero attached hydrogens (tertiary/aromatic N) is 1. The van der Waals surface area contributed by atoms with Gasteiger partial charge in [0.05, 0.1) is 17.8 Å². The minimum atomic E-state index is -0.787. The molecule has 4 rings (SSSR count). The molecule has 3 atom stereocenters. The molecule has 0 radical (unpaired) electrons. The van der Waals surface area contributed by atoms with Crippen molar-refractivity contribution in [2.45, 2.75) is 38.5 Å². The van der Waals surface area contributed by atoms with E-state index in [4.69, 9.17) is 4.74 Å². The molecular formula is C21H22N2O6. The van der Waals surface area contributed by atoms with Gasteiger partial charge < -0.3 is 10.1 Å². The number of carbonyl (C=O) groups is 5. The van der Waals surface area contributed by atoms with E-state index in [9.17, 15) is 24.0 Å². The van der Waals surface area contributed by atoms with E-state index < -0.39 is 24.9 Å². The number of ketones is 1. The number of rotatable bonds is 5. The quantitative estimate of drug-likeness (QED) is 0.459. The van der Waals surface area contributed by atoms with Crippen molar-refractivity contribution in [1.29, 1.82) is 0 Å². The summed E-state index contributed by atoms with van der Waals surface area (Å²) in [6.45, 7) is 0.797. The number of hydrogen-bond acceptors (Lipinski definition) is 6. The Kier molecular flexibility index (Phi) is 4.94. The zero-order valence-corrected chi connectivity index (χ0v) is 16.1. The molecule has 152 valence electrons. The fraction of sp³-hybridized carbons (Fsp3) is 0.476. The number of esters is 1. The van der Waals surface area contributed by atoms with Crippen molar-refractivity contribution >= 4 is 35.2 Å². The highest BCUT2D eigenvalue weighted by Gasteiger charge is 2.48. The van der Waals surface area contributed by atoms with Crippen LogP contribution in [0.2, 0.25) is 0 Å². The number of fused-ring (bicyclic) bond motifs is 2. The summed E-state index contributed by atoms with van der Waals surface area (Å²) in [5.41, 5.74) is 1.73. The molecule has 0 aromatic heterocycles. The predicted octanol–water partition coefficient (Wildman–Crippen LogP) is 1.64. The van der Waals surface area contributed by atoms with Crippen LogP contribution in [0.25, 0.3) is 0 Å². The molecule has 8 nitrogen and oxygen atoms in total. The lowest BCUT2D eigenvalue weighted by molar-refractivity contribution is -0.152. The molecule has 3 aliphatic rings. The van der Waals surface area contributed by atoms with Gasteiger partial charge in [-0.2, -0.15) is 0 Å². The van der Waals surface area contributed by atoms with E-state index >= 15 is 0 Å². The average molecular weight is 398 g/mol. The lowest BCUT2D eigenvalue weighted by atomic mass is 9.81. The Balaban J connectivity index is 1.34. The molecule has 1 saturated carbocycles. The largest absolute Gasteiger partial charge is 0.456 e. The van der Waals surface area contributed by atoms with E-state index in [0.717, 1.165) is 23.3 Å². The van der Waals surface area contributed by atoms with Crippen LogP contribution in [-0.4, -0.2) is 47.5 Å². The summed E-state index contributed by atoms with van der Waals surface area (Å²) in [7, 11) is 0. The number of amides is 3. The topological polar surface area (TPSA) is 110 Å². The lowest BCUT2D eigenvalue weighted by Crippen LogP contribution is -2.37. The van der Waals surface area contributed by atoms with Crippen LogP contribution >= 0.6 is 0 Å². The highest BCUT2D eigenvalue weighted by atomic mass is 16.5. The van der Waals surface area contributed by atoms with Crippen molar-refractivity contribution in [3.8, 4) is 0 Å². The molecule has 1 aromatic rings. The first-order valence-electron chi connectivity index (χ1n) is 9.85. The molecule has 3 amide bonds. The third-order valence-corrected chi connectivity index (χ3v) is 6.08. The Hall–Kier alpha value is -3.03. The summed E-state index contributed by atoms with van der Waals surface area (Å²) in [5, 5.41) is 2.73. The fourth-order valence-corrected chi connectivity index (χ4v) is 4.38. The number of imide groups is 1.